The number of nitrogens with two attached hydrogens (primary N) is 1. The topological polar surface area (TPSA) is 26.0 Å². The molecular formula is C10H12ClN. The van der Waals surface area contributed by atoms with Gasteiger partial charge in [0, 0.05) is 0 Å². The molecule has 0 radical (unpaired) electrons. The molecule has 0 heterocycles. The van der Waals surface area contributed by atoms with E-state index in [1.807, 2.05) is 12.1 Å². The van der Waals surface area contributed by atoms with Crippen LogP contribution >= 0.6 is 11.6 Å². The van der Waals surface area contributed by atoms with Gasteiger partial charge in [0.05, 0.1) is 10.7 Å². The van der Waals surface area contributed by atoms with Crippen molar-refractivity contribution in [2.75, 3.05) is 5.73 Å². The van der Waals surface area contributed by atoms with Gasteiger partial charge in [0.15, 0.2) is 0 Å². The minimum Gasteiger partial charge on any atom is -0.398 e. The summed E-state index contributed by atoms with van der Waals surface area (Å²) in [5, 5.41) is 0.665. The fraction of sp³-hybridized carbons (Fsp3) is 0.400. The Hall–Kier alpha value is -0.690. The predicted octanol–water partition coefficient (Wildman–Crippen LogP) is 3.19. The van der Waals surface area contributed by atoms with Crippen molar-refractivity contribution in [3.05, 3.63) is 28.8 Å². The van der Waals surface area contributed by atoms with Gasteiger partial charge in [0.25, 0.3) is 0 Å². The third-order valence-corrected chi connectivity index (χ3v) is 2.94. The van der Waals surface area contributed by atoms with Gasteiger partial charge < -0.3 is 5.73 Å². The number of hydrogen-bond acceptors (Lipinski definition) is 1. The molecule has 12 heavy (non-hydrogen) atoms. The maximum Gasteiger partial charge on any atom is 0.0635 e. The van der Waals surface area contributed by atoms with E-state index in [4.69, 9.17) is 17.3 Å². The molecule has 1 aliphatic carbocycles. The highest BCUT2D eigenvalue weighted by Gasteiger charge is 2.19. The Labute approximate surface area is 77.5 Å². The number of rotatable bonds is 1. The molecule has 2 N–H and O–H groups in total. The maximum absolute atomic E-state index is 5.82. The number of nitrogen functional groups attached to an aromatic ring is 1. The van der Waals surface area contributed by atoms with E-state index in [1.165, 1.54) is 24.8 Å². The smallest absolute Gasteiger partial charge is 0.0635 e. The first-order chi connectivity index (χ1) is 5.77. The van der Waals surface area contributed by atoms with Crippen molar-refractivity contribution in [3.63, 3.8) is 0 Å². The molecule has 0 unspecified atom stereocenters. The summed E-state index contributed by atoms with van der Waals surface area (Å²) in [6.07, 6.45) is 3.97. The molecule has 0 amide bonds. The van der Waals surface area contributed by atoms with Gasteiger partial charge in [0.2, 0.25) is 0 Å². The zero-order valence-electron chi connectivity index (χ0n) is 6.89. The molecular weight excluding hydrogens is 170 g/mol. The zero-order chi connectivity index (χ0) is 8.55. The fourth-order valence-corrected chi connectivity index (χ4v) is 1.68. The second kappa shape index (κ2) is 2.98. The van der Waals surface area contributed by atoms with Crippen LogP contribution in [0, 0.1) is 0 Å². The van der Waals surface area contributed by atoms with Crippen molar-refractivity contribution in [3.8, 4) is 0 Å². The Morgan fingerprint density at radius 2 is 2.08 bits per heavy atom. The van der Waals surface area contributed by atoms with Gasteiger partial charge in [-0.05, 0) is 36.5 Å². The summed E-state index contributed by atoms with van der Waals surface area (Å²) in [6.45, 7) is 0. The first-order valence-electron chi connectivity index (χ1n) is 4.32. The SMILES string of the molecule is Nc1cc(C2CCC2)ccc1Cl. The molecule has 1 aromatic rings. The van der Waals surface area contributed by atoms with Gasteiger partial charge >= 0.3 is 0 Å². The molecule has 1 aromatic carbocycles. The quantitative estimate of drug-likeness (QED) is 0.662. The van der Waals surface area contributed by atoms with Crippen LogP contribution in [0.25, 0.3) is 0 Å². The van der Waals surface area contributed by atoms with E-state index in [-0.39, 0.29) is 0 Å². The Morgan fingerprint density at radius 1 is 1.33 bits per heavy atom. The van der Waals surface area contributed by atoms with Crippen LogP contribution in [0.5, 0.6) is 0 Å². The highest BCUT2D eigenvalue weighted by atomic mass is 35.5. The van der Waals surface area contributed by atoms with Crippen LogP contribution in [-0.4, -0.2) is 0 Å². The zero-order valence-corrected chi connectivity index (χ0v) is 7.64. The molecule has 1 fully saturated rings. The normalized spacial score (nSPS) is 17.4. The molecule has 1 saturated carbocycles. The summed E-state index contributed by atoms with van der Waals surface area (Å²) in [5.74, 6) is 0.740. The molecule has 64 valence electrons. The molecule has 1 nitrogen and oxygen atoms in total. The van der Waals surface area contributed by atoms with Crippen molar-refractivity contribution in [2.24, 2.45) is 0 Å². The Morgan fingerprint density at radius 3 is 2.58 bits per heavy atom. The lowest BCUT2D eigenvalue weighted by Gasteiger charge is -2.26. The van der Waals surface area contributed by atoms with E-state index >= 15 is 0 Å². The van der Waals surface area contributed by atoms with Gasteiger partial charge in [0.1, 0.15) is 0 Å². The van der Waals surface area contributed by atoms with E-state index in [9.17, 15) is 0 Å². The molecule has 0 aliphatic heterocycles. The van der Waals surface area contributed by atoms with Crippen LogP contribution in [0.15, 0.2) is 18.2 Å². The fourth-order valence-electron chi connectivity index (χ4n) is 1.56. The second-order valence-corrected chi connectivity index (χ2v) is 3.82. The summed E-state index contributed by atoms with van der Waals surface area (Å²) in [7, 11) is 0. The van der Waals surface area contributed by atoms with Gasteiger partial charge in [-0.25, -0.2) is 0 Å². The maximum atomic E-state index is 5.82. The van der Waals surface area contributed by atoms with Crippen LogP contribution in [0.3, 0.4) is 0 Å². The average Bonchev–Trinajstić information content (AvgIpc) is 1.93. The van der Waals surface area contributed by atoms with Crippen LogP contribution in [0.2, 0.25) is 5.02 Å². The number of anilines is 1. The average molecular weight is 182 g/mol. The van der Waals surface area contributed by atoms with Crippen molar-refractivity contribution in [2.45, 2.75) is 25.2 Å². The lowest BCUT2D eigenvalue weighted by Crippen LogP contribution is -2.08. The summed E-state index contributed by atoms with van der Waals surface area (Å²) in [5.41, 5.74) is 7.76. The van der Waals surface area contributed by atoms with Gasteiger partial charge in [-0.15, -0.1) is 0 Å². The summed E-state index contributed by atoms with van der Waals surface area (Å²) in [4.78, 5) is 0. The van der Waals surface area contributed by atoms with Crippen molar-refractivity contribution in [1.82, 2.24) is 0 Å². The molecule has 0 atom stereocenters. The molecule has 1 aliphatic rings. The van der Waals surface area contributed by atoms with Gasteiger partial charge in [-0.1, -0.05) is 24.1 Å². The number of hydrogen-bond donors (Lipinski definition) is 1. The van der Waals surface area contributed by atoms with E-state index in [2.05, 4.69) is 6.07 Å². The molecule has 0 spiro atoms. The summed E-state index contributed by atoms with van der Waals surface area (Å²) < 4.78 is 0. The lowest BCUT2D eigenvalue weighted by molar-refractivity contribution is 0.420. The first-order valence-corrected chi connectivity index (χ1v) is 4.70. The Kier molecular flexibility index (Phi) is 1.97. The van der Waals surface area contributed by atoms with Crippen LogP contribution in [0.4, 0.5) is 5.69 Å². The molecule has 0 aromatic heterocycles. The van der Waals surface area contributed by atoms with E-state index < -0.39 is 0 Å². The molecule has 2 rings (SSSR count). The standard InChI is InChI=1S/C10H12ClN/c11-9-5-4-8(6-10(9)12)7-2-1-3-7/h4-7H,1-3,12H2. The number of benzene rings is 1. The summed E-state index contributed by atoms with van der Waals surface area (Å²) in [6, 6.07) is 5.99. The Balaban J connectivity index is 2.27. The minimum atomic E-state index is 0.665. The minimum absolute atomic E-state index is 0.665. The van der Waals surface area contributed by atoms with Crippen molar-refractivity contribution >= 4 is 17.3 Å². The Bertz CT molecular complexity index is 292. The highest BCUT2D eigenvalue weighted by Crippen LogP contribution is 2.37. The van der Waals surface area contributed by atoms with Gasteiger partial charge in [-0.2, -0.15) is 0 Å². The number of halogens is 1. The third kappa shape index (κ3) is 1.29. The first kappa shape index (κ1) is 7.93. The highest BCUT2D eigenvalue weighted by molar-refractivity contribution is 6.33. The second-order valence-electron chi connectivity index (χ2n) is 3.41. The van der Waals surface area contributed by atoms with Crippen molar-refractivity contribution < 1.29 is 0 Å². The van der Waals surface area contributed by atoms with E-state index in [1.54, 1.807) is 0 Å². The third-order valence-electron chi connectivity index (χ3n) is 2.60. The monoisotopic (exact) mass is 181 g/mol. The lowest BCUT2D eigenvalue weighted by atomic mass is 9.80. The molecule has 0 saturated heterocycles. The van der Waals surface area contributed by atoms with Gasteiger partial charge in [-0.3, -0.25) is 0 Å². The van der Waals surface area contributed by atoms with E-state index in [0.717, 1.165) is 5.92 Å². The van der Waals surface area contributed by atoms with Crippen molar-refractivity contribution in [1.29, 1.82) is 0 Å². The van der Waals surface area contributed by atoms with Crippen LogP contribution in [-0.2, 0) is 0 Å². The largest absolute Gasteiger partial charge is 0.398 e. The summed E-state index contributed by atoms with van der Waals surface area (Å²) >= 11 is 5.82. The molecule has 2 heteroatoms. The predicted molar refractivity (Wildman–Crippen MR) is 52.5 cm³/mol. The van der Waals surface area contributed by atoms with E-state index in [0.29, 0.717) is 10.7 Å². The van der Waals surface area contributed by atoms with Crippen LogP contribution in [0.1, 0.15) is 30.7 Å². The van der Waals surface area contributed by atoms with Crippen LogP contribution < -0.4 is 5.73 Å². The molecule has 0 bridgehead atoms.